The molecule has 1 aromatic rings. The van der Waals surface area contributed by atoms with E-state index in [1.807, 2.05) is 6.92 Å². The summed E-state index contributed by atoms with van der Waals surface area (Å²) in [5.41, 5.74) is 0. The van der Waals surface area contributed by atoms with E-state index in [0.717, 1.165) is 6.42 Å². The van der Waals surface area contributed by atoms with Crippen LogP contribution in [0.3, 0.4) is 0 Å². The minimum atomic E-state index is -0.879. The Labute approximate surface area is 105 Å². The normalized spacial score (nSPS) is 27.1. The lowest BCUT2D eigenvalue weighted by molar-refractivity contribution is -0.145. The molecule has 98 valence electrons. The molecule has 0 saturated heterocycles. The molecular formula is C12H17N3O3. The first-order valence-corrected chi connectivity index (χ1v) is 6.14. The van der Waals surface area contributed by atoms with Crippen LogP contribution in [0.15, 0.2) is 12.3 Å². The van der Waals surface area contributed by atoms with Gasteiger partial charge in [-0.25, -0.2) is 0 Å². The summed E-state index contributed by atoms with van der Waals surface area (Å²) in [5, 5.41) is 18.2. The third kappa shape index (κ3) is 2.52. The second-order valence-electron chi connectivity index (χ2n) is 4.76. The van der Waals surface area contributed by atoms with E-state index in [1.165, 1.54) is 6.20 Å². The number of anilines is 1. The molecule has 0 radical (unpaired) electrons. The summed E-state index contributed by atoms with van der Waals surface area (Å²) < 4.78 is 0. The van der Waals surface area contributed by atoms with Crippen LogP contribution in [-0.2, 0) is 9.59 Å². The highest BCUT2D eigenvalue weighted by Crippen LogP contribution is 2.38. The van der Waals surface area contributed by atoms with Gasteiger partial charge in [0.05, 0.1) is 18.0 Å². The van der Waals surface area contributed by atoms with Crippen molar-refractivity contribution in [3.05, 3.63) is 12.3 Å². The maximum absolute atomic E-state index is 12.1. The number of aromatic nitrogens is 2. The molecule has 6 nitrogen and oxygen atoms in total. The molecule has 0 aromatic carbocycles. The van der Waals surface area contributed by atoms with Crippen LogP contribution in [0.25, 0.3) is 0 Å². The number of amides is 1. The number of carbonyl (C=O) groups excluding carboxylic acids is 1. The largest absolute Gasteiger partial charge is 0.481 e. The zero-order valence-corrected chi connectivity index (χ0v) is 10.2. The van der Waals surface area contributed by atoms with E-state index in [9.17, 15) is 14.7 Å². The fraction of sp³-hybridized carbons (Fsp3) is 0.583. The summed E-state index contributed by atoms with van der Waals surface area (Å²) in [6.45, 7) is 2.03. The Morgan fingerprint density at radius 1 is 1.50 bits per heavy atom. The highest BCUT2D eigenvalue weighted by atomic mass is 16.4. The zero-order chi connectivity index (χ0) is 13.1. The predicted molar refractivity (Wildman–Crippen MR) is 64.8 cm³/mol. The number of rotatable bonds is 4. The van der Waals surface area contributed by atoms with Gasteiger partial charge >= 0.3 is 5.97 Å². The highest BCUT2D eigenvalue weighted by molar-refractivity contribution is 5.94. The molecular weight excluding hydrogens is 234 g/mol. The van der Waals surface area contributed by atoms with Gasteiger partial charge in [-0.2, -0.15) is 5.10 Å². The van der Waals surface area contributed by atoms with Crippen LogP contribution in [0.5, 0.6) is 0 Å². The Kier molecular flexibility index (Phi) is 3.64. The van der Waals surface area contributed by atoms with Crippen LogP contribution in [0.2, 0.25) is 0 Å². The molecule has 1 saturated carbocycles. The van der Waals surface area contributed by atoms with Crippen molar-refractivity contribution in [2.75, 3.05) is 5.32 Å². The summed E-state index contributed by atoms with van der Waals surface area (Å²) in [6.07, 6.45) is 3.69. The minimum Gasteiger partial charge on any atom is -0.481 e. The third-order valence-corrected chi connectivity index (χ3v) is 3.65. The molecule has 6 heteroatoms. The molecule has 2 rings (SSSR count). The lowest BCUT2D eigenvalue weighted by atomic mass is 9.95. The highest BCUT2D eigenvalue weighted by Gasteiger charge is 2.42. The van der Waals surface area contributed by atoms with E-state index in [4.69, 9.17) is 0 Å². The van der Waals surface area contributed by atoms with Gasteiger partial charge in [0.1, 0.15) is 5.82 Å². The number of nitrogens with one attached hydrogen (secondary N) is 2. The topological polar surface area (TPSA) is 95.1 Å². The Bertz CT molecular complexity index is 430. The number of carboxylic acids is 1. The third-order valence-electron chi connectivity index (χ3n) is 3.65. The molecule has 18 heavy (non-hydrogen) atoms. The van der Waals surface area contributed by atoms with E-state index in [0.29, 0.717) is 24.6 Å². The molecule has 1 heterocycles. The second kappa shape index (κ2) is 5.20. The Hall–Kier alpha value is -1.85. The van der Waals surface area contributed by atoms with E-state index >= 15 is 0 Å². The number of hydrogen-bond donors (Lipinski definition) is 3. The first-order valence-electron chi connectivity index (χ1n) is 6.14. The number of nitrogens with zero attached hydrogens (tertiary/aromatic N) is 1. The number of aromatic amines is 1. The van der Waals surface area contributed by atoms with Crippen LogP contribution in [0, 0.1) is 17.8 Å². The van der Waals surface area contributed by atoms with Crippen molar-refractivity contribution in [1.29, 1.82) is 0 Å². The molecule has 1 unspecified atom stereocenters. The van der Waals surface area contributed by atoms with Crippen LogP contribution in [0.4, 0.5) is 5.82 Å². The number of carbonyl (C=O) groups is 2. The van der Waals surface area contributed by atoms with E-state index in [-0.39, 0.29) is 5.91 Å². The number of H-pyrrole nitrogens is 1. The fourth-order valence-corrected chi connectivity index (χ4v) is 2.59. The van der Waals surface area contributed by atoms with Gasteiger partial charge < -0.3 is 10.4 Å². The lowest BCUT2D eigenvalue weighted by Gasteiger charge is -2.14. The smallest absolute Gasteiger partial charge is 0.307 e. The molecule has 1 amide bonds. The zero-order valence-electron chi connectivity index (χ0n) is 10.2. The van der Waals surface area contributed by atoms with Gasteiger partial charge in [0.2, 0.25) is 5.91 Å². The van der Waals surface area contributed by atoms with Gasteiger partial charge in [-0.1, -0.05) is 13.3 Å². The summed E-state index contributed by atoms with van der Waals surface area (Å²) in [4.78, 5) is 23.2. The average molecular weight is 251 g/mol. The SMILES string of the molecule is CCC1C[C@H](C(=O)Nc2ccn[nH]2)[C@H](C(=O)O)C1. The monoisotopic (exact) mass is 251 g/mol. The van der Waals surface area contributed by atoms with Crippen molar-refractivity contribution < 1.29 is 14.7 Å². The maximum Gasteiger partial charge on any atom is 0.307 e. The molecule has 1 aliphatic rings. The van der Waals surface area contributed by atoms with E-state index in [1.54, 1.807) is 6.07 Å². The van der Waals surface area contributed by atoms with Crippen molar-refractivity contribution in [1.82, 2.24) is 10.2 Å². The van der Waals surface area contributed by atoms with Crippen LogP contribution in [0.1, 0.15) is 26.2 Å². The van der Waals surface area contributed by atoms with Gasteiger partial charge in [-0.3, -0.25) is 14.7 Å². The summed E-state index contributed by atoms with van der Waals surface area (Å²) in [5.74, 6) is -1.31. The van der Waals surface area contributed by atoms with Crippen LogP contribution < -0.4 is 5.32 Å². The minimum absolute atomic E-state index is 0.234. The van der Waals surface area contributed by atoms with Gasteiger partial charge in [-0.15, -0.1) is 0 Å². The standard InChI is InChI=1S/C12H17N3O3/c1-2-7-5-8(9(6-7)12(17)18)11(16)14-10-3-4-13-15-10/h3-4,7-9H,2,5-6H2,1H3,(H,17,18)(H2,13,14,15,16)/t7?,8-,9+/m0/s1. The Morgan fingerprint density at radius 2 is 2.22 bits per heavy atom. The van der Waals surface area contributed by atoms with E-state index in [2.05, 4.69) is 15.5 Å². The second-order valence-corrected chi connectivity index (χ2v) is 4.76. The van der Waals surface area contributed by atoms with Crippen LogP contribution >= 0.6 is 0 Å². The Balaban J connectivity index is 2.05. The first kappa shape index (κ1) is 12.6. The molecule has 1 aromatic heterocycles. The number of hydrogen-bond acceptors (Lipinski definition) is 3. The van der Waals surface area contributed by atoms with Crippen molar-refractivity contribution in [2.45, 2.75) is 26.2 Å². The molecule has 3 N–H and O–H groups in total. The fourth-order valence-electron chi connectivity index (χ4n) is 2.59. The number of carboxylic acid groups (broad SMARTS) is 1. The van der Waals surface area contributed by atoms with Gasteiger partial charge in [0, 0.05) is 6.07 Å². The van der Waals surface area contributed by atoms with Crippen molar-refractivity contribution in [2.24, 2.45) is 17.8 Å². The molecule has 0 bridgehead atoms. The molecule has 3 atom stereocenters. The molecule has 1 aliphatic carbocycles. The van der Waals surface area contributed by atoms with Gasteiger partial charge in [0.15, 0.2) is 0 Å². The number of aliphatic carboxylic acids is 1. The molecule has 0 spiro atoms. The van der Waals surface area contributed by atoms with Crippen molar-refractivity contribution >= 4 is 17.7 Å². The summed E-state index contributed by atoms with van der Waals surface area (Å²) >= 11 is 0. The summed E-state index contributed by atoms with van der Waals surface area (Å²) in [6, 6.07) is 1.64. The quantitative estimate of drug-likeness (QED) is 0.755. The predicted octanol–water partition coefficient (Wildman–Crippen LogP) is 1.49. The average Bonchev–Trinajstić information content (AvgIpc) is 2.96. The summed E-state index contributed by atoms with van der Waals surface area (Å²) in [7, 11) is 0. The first-order chi connectivity index (χ1) is 8.61. The maximum atomic E-state index is 12.1. The van der Waals surface area contributed by atoms with Crippen molar-refractivity contribution in [3.8, 4) is 0 Å². The van der Waals surface area contributed by atoms with Gasteiger partial charge in [0.25, 0.3) is 0 Å². The van der Waals surface area contributed by atoms with Crippen LogP contribution in [-0.4, -0.2) is 27.2 Å². The van der Waals surface area contributed by atoms with E-state index < -0.39 is 17.8 Å². The van der Waals surface area contributed by atoms with Gasteiger partial charge in [-0.05, 0) is 18.8 Å². The van der Waals surface area contributed by atoms with Crippen molar-refractivity contribution in [3.63, 3.8) is 0 Å². The lowest BCUT2D eigenvalue weighted by Crippen LogP contribution is -2.30. The molecule has 0 aliphatic heterocycles. The Morgan fingerprint density at radius 3 is 2.78 bits per heavy atom. The molecule has 1 fully saturated rings.